The van der Waals surface area contributed by atoms with Crippen LogP contribution in [0.1, 0.15) is 31.2 Å². The normalized spacial score (nSPS) is 24.2. The first-order valence-electron chi connectivity index (χ1n) is 6.39. The highest BCUT2D eigenvalue weighted by atomic mass is 79.9. The lowest BCUT2D eigenvalue weighted by atomic mass is 9.92. The minimum absolute atomic E-state index is 0.148. The number of halogens is 2. The molecule has 18 heavy (non-hydrogen) atoms. The molecule has 1 aliphatic rings. The zero-order valence-electron chi connectivity index (χ0n) is 10.6. The van der Waals surface area contributed by atoms with Crippen molar-refractivity contribution in [2.45, 2.75) is 44.4 Å². The largest absolute Gasteiger partial charge is 0.381 e. The minimum atomic E-state index is -0.148. The van der Waals surface area contributed by atoms with E-state index in [1.54, 1.807) is 13.2 Å². The van der Waals surface area contributed by atoms with Crippen LogP contribution in [-0.2, 0) is 11.3 Å². The number of ether oxygens (including phenoxy) is 1. The van der Waals surface area contributed by atoms with Crippen LogP contribution in [0.25, 0.3) is 0 Å². The smallest absolute Gasteiger partial charge is 0.127 e. The molecule has 0 amide bonds. The number of benzene rings is 1. The summed E-state index contributed by atoms with van der Waals surface area (Å²) in [5.41, 5.74) is 0.712. The number of hydrogen-bond acceptors (Lipinski definition) is 2. The molecular formula is C14H19BrFNO. The average Bonchev–Trinajstić information content (AvgIpc) is 2.40. The summed E-state index contributed by atoms with van der Waals surface area (Å²) in [7, 11) is 1.76. The summed E-state index contributed by atoms with van der Waals surface area (Å²) in [6.45, 7) is 0.576. The fourth-order valence-corrected chi connectivity index (χ4v) is 2.89. The Bertz CT molecular complexity index is 399. The molecule has 0 saturated heterocycles. The van der Waals surface area contributed by atoms with Crippen LogP contribution in [0.5, 0.6) is 0 Å². The molecule has 2 atom stereocenters. The first-order valence-corrected chi connectivity index (χ1v) is 7.18. The summed E-state index contributed by atoms with van der Waals surface area (Å²) < 4.78 is 19.9. The van der Waals surface area contributed by atoms with Crippen molar-refractivity contribution in [1.29, 1.82) is 0 Å². The molecule has 1 N–H and O–H groups in total. The molecule has 2 nitrogen and oxygen atoms in total. The Kier molecular flexibility index (Phi) is 5.15. The fourth-order valence-electron chi connectivity index (χ4n) is 2.48. The van der Waals surface area contributed by atoms with Gasteiger partial charge in [0.25, 0.3) is 0 Å². The molecule has 1 fully saturated rings. The van der Waals surface area contributed by atoms with Gasteiger partial charge < -0.3 is 10.1 Å². The van der Waals surface area contributed by atoms with E-state index in [0.717, 1.165) is 23.7 Å². The zero-order chi connectivity index (χ0) is 13.0. The van der Waals surface area contributed by atoms with Gasteiger partial charge in [0.2, 0.25) is 0 Å². The van der Waals surface area contributed by atoms with Crippen molar-refractivity contribution >= 4 is 15.9 Å². The lowest BCUT2D eigenvalue weighted by molar-refractivity contribution is 0.0586. The predicted molar refractivity (Wildman–Crippen MR) is 74.0 cm³/mol. The van der Waals surface area contributed by atoms with Gasteiger partial charge in [-0.3, -0.25) is 0 Å². The molecule has 0 radical (unpaired) electrons. The predicted octanol–water partition coefficient (Wildman–Crippen LogP) is 3.64. The van der Waals surface area contributed by atoms with E-state index in [0.29, 0.717) is 24.3 Å². The summed E-state index contributed by atoms with van der Waals surface area (Å²) in [6, 6.07) is 5.49. The van der Waals surface area contributed by atoms with Crippen molar-refractivity contribution in [2.24, 2.45) is 0 Å². The van der Waals surface area contributed by atoms with Gasteiger partial charge in [0, 0.05) is 29.7 Å². The van der Waals surface area contributed by atoms with E-state index in [9.17, 15) is 4.39 Å². The lowest BCUT2D eigenvalue weighted by Gasteiger charge is -2.29. The highest BCUT2D eigenvalue weighted by molar-refractivity contribution is 9.10. The van der Waals surface area contributed by atoms with Gasteiger partial charge in [0.1, 0.15) is 5.82 Å². The SMILES string of the molecule is COC1CCCC(NCc2cc(Br)ccc2F)C1. The van der Waals surface area contributed by atoms with Crippen LogP contribution in [0, 0.1) is 5.82 Å². The van der Waals surface area contributed by atoms with Gasteiger partial charge in [-0.05, 0) is 43.9 Å². The third-order valence-corrected chi connectivity index (χ3v) is 4.04. The number of hydrogen-bond donors (Lipinski definition) is 1. The Morgan fingerprint density at radius 3 is 3.06 bits per heavy atom. The number of nitrogens with one attached hydrogen (secondary N) is 1. The van der Waals surface area contributed by atoms with E-state index in [1.807, 2.05) is 6.07 Å². The number of methoxy groups -OCH3 is 1. The molecular weight excluding hydrogens is 297 g/mol. The summed E-state index contributed by atoms with van der Waals surface area (Å²) in [5.74, 6) is -0.148. The van der Waals surface area contributed by atoms with Crippen LogP contribution in [0.2, 0.25) is 0 Å². The monoisotopic (exact) mass is 315 g/mol. The van der Waals surface area contributed by atoms with E-state index in [-0.39, 0.29) is 5.82 Å². The second-order valence-electron chi connectivity index (χ2n) is 4.84. The molecule has 1 saturated carbocycles. The van der Waals surface area contributed by atoms with Gasteiger partial charge in [-0.2, -0.15) is 0 Å². The Morgan fingerprint density at radius 1 is 1.44 bits per heavy atom. The van der Waals surface area contributed by atoms with E-state index in [4.69, 9.17) is 4.74 Å². The quantitative estimate of drug-likeness (QED) is 0.916. The molecule has 2 rings (SSSR count). The average molecular weight is 316 g/mol. The Morgan fingerprint density at radius 2 is 2.28 bits per heavy atom. The van der Waals surface area contributed by atoms with E-state index < -0.39 is 0 Å². The summed E-state index contributed by atoms with van der Waals surface area (Å²) in [4.78, 5) is 0. The maximum Gasteiger partial charge on any atom is 0.127 e. The van der Waals surface area contributed by atoms with Crippen molar-refractivity contribution < 1.29 is 9.13 Å². The molecule has 100 valence electrons. The molecule has 0 aliphatic heterocycles. The number of rotatable bonds is 4. The molecule has 0 heterocycles. The maximum atomic E-state index is 13.6. The van der Waals surface area contributed by atoms with Crippen molar-refractivity contribution in [3.63, 3.8) is 0 Å². The van der Waals surface area contributed by atoms with Crippen LogP contribution in [0.15, 0.2) is 22.7 Å². The third kappa shape index (κ3) is 3.77. The van der Waals surface area contributed by atoms with Crippen LogP contribution < -0.4 is 5.32 Å². The van der Waals surface area contributed by atoms with Gasteiger partial charge in [0.05, 0.1) is 6.10 Å². The molecule has 1 aliphatic carbocycles. The molecule has 1 aromatic carbocycles. The van der Waals surface area contributed by atoms with Crippen LogP contribution in [-0.4, -0.2) is 19.3 Å². The van der Waals surface area contributed by atoms with Gasteiger partial charge in [-0.25, -0.2) is 4.39 Å². The van der Waals surface area contributed by atoms with Crippen molar-refractivity contribution in [3.8, 4) is 0 Å². The van der Waals surface area contributed by atoms with E-state index in [2.05, 4.69) is 21.2 Å². The first kappa shape index (κ1) is 14.0. The van der Waals surface area contributed by atoms with Gasteiger partial charge >= 0.3 is 0 Å². The van der Waals surface area contributed by atoms with Crippen LogP contribution in [0.4, 0.5) is 4.39 Å². The van der Waals surface area contributed by atoms with Crippen LogP contribution >= 0.6 is 15.9 Å². The lowest BCUT2D eigenvalue weighted by Crippen LogP contribution is -2.36. The zero-order valence-corrected chi connectivity index (χ0v) is 12.2. The second kappa shape index (κ2) is 6.64. The summed E-state index contributed by atoms with van der Waals surface area (Å²) in [6.07, 6.45) is 4.84. The third-order valence-electron chi connectivity index (χ3n) is 3.55. The van der Waals surface area contributed by atoms with E-state index >= 15 is 0 Å². The highest BCUT2D eigenvalue weighted by Gasteiger charge is 2.21. The molecule has 1 aromatic rings. The molecule has 0 bridgehead atoms. The van der Waals surface area contributed by atoms with Crippen LogP contribution in [0.3, 0.4) is 0 Å². The summed E-state index contributed by atoms with van der Waals surface area (Å²) in [5, 5.41) is 3.43. The first-order chi connectivity index (χ1) is 8.69. The maximum absolute atomic E-state index is 13.6. The molecule has 0 aromatic heterocycles. The Labute approximate surface area is 116 Å². The van der Waals surface area contributed by atoms with E-state index in [1.165, 1.54) is 12.5 Å². The van der Waals surface area contributed by atoms with Gasteiger partial charge in [0.15, 0.2) is 0 Å². The van der Waals surface area contributed by atoms with Crippen molar-refractivity contribution in [2.75, 3.05) is 7.11 Å². The van der Waals surface area contributed by atoms with Gasteiger partial charge in [-0.15, -0.1) is 0 Å². The Hall–Kier alpha value is -0.450. The Balaban J connectivity index is 1.89. The second-order valence-corrected chi connectivity index (χ2v) is 5.75. The molecule has 0 spiro atoms. The standard InChI is InChI=1S/C14H19BrFNO/c1-18-13-4-2-3-12(8-13)17-9-10-7-11(15)5-6-14(10)16/h5-7,12-13,17H,2-4,8-9H2,1H3. The van der Waals surface area contributed by atoms with Crippen molar-refractivity contribution in [3.05, 3.63) is 34.1 Å². The minimum Gasteiger partial charge on any atom is -0.381 e. The van der Waals surface area contributed by atoms with Crippen molar-refractivity contribution in [1.82, 2.24) is 5.32 Å². The topological polar surface area (TPSA) is 21.3 Å². The van der Waals surface area contributed by atoms with Gasteiger partial charge in [-0.1, -0.05) is 15.9 Å². The molecule has 2 unspecified atom stereocenters. The molecule has 4 heteroatoms. The summed E-state index contributed by atoms with van der Waals surface area (Å²) >= 11 is 3.37. The fraction of sp³-hybridized carbons (Fsp3) is 0.571. The highest BCUT2D eigenvalue weighted by Crippen LogP contribution is 2.21.